The molecule has 0 amide bonds. The van der Waals surface area contributed by atoms with Crippen molar-refractivity contribution >= 4 is 8.60 Å². The largest absolute Gasteiger partial charge is 0.460 e. The predicted molar refractivity (Wildman–Crippen MR) is 36.8 cm³/mol. The van der Waals surface area contributed by atoms with Crippen molar-refractivity contribution in [2.24, 2.45) is 0 Å². The summed E-state index contributed by atoms with van der Waals surface area (Å²) in [7, 11) is -1.69. The lowest BCUT2D eigenvalue weighted by Crippen LogP contribution is -1.79. The maximum absolute atomic E-state index is 8.87. The van der Waals surface area contributed by atoms with Crippen molar-refractivity contribution in [3.63, 3.8) is 0 Å². The van der Waals surface area contributed by atoms with Gasteiger partial charge in [-0.1, -0.05) is 12.1 Å². The van der Waals surface area contributed by atoms with Gasteiger partial charge in [-0.05, 0) is 12.1 Å². The van der Waals surface area contributed by atoms with Crippen LogP contribution in [0.4, 0.5) is 0 Å². The highest BCUT2D eigenvalue weighted by atomic mass is 31.2. The van der Waals surface area contributed by atoms with Crippen LogP contribution in [-0.2, 0) is 0 Å². The molecular formula is C6H5O3P. The second-order valence-corrected chi connectivity index (χ2v) is 2.71. The lowest BCUT2D eigenvalue weighted by atomic mass is 10.3. The quantitative estimate of drug-likeness (QED) is 0.580. The van der Waals surface area contributed by atoms with Crippen molar-refractivity contribution in [1.29, 1.82) is 0 Å². The van der Waals surface area contributed by atoms with Crippen LogP contribution >= 0.6 is 8.60 Å². The van der Waals surface area contributed by atoms with Crippen molar-refractivity contribution in [1.82, 2.24) is 0 Å². The molecule has 2 rings (SSSR count). The van der Waals surface area contributed by atoms with Gasteiger partial charge in [0.15, 0.2) is 11.5 Å². The molecule has 1 heterocycles. The van der Waals surface area contributed by atoms with E-state index in [-0.39, 0.29) is 0 Å². The first-order chi connectivity index (χ1) is 4.86. The molecule has 10 heavy (non-hydrogen) atoms. The molecule has 0 atom stereocenters. The Morgan fingerprint density at radius 1 is 1.10 bits per heavy atom. The Morgan fingerprint density at radius 3 is 2.10 bits per heavy atom. The molecule has 0 saturated heterocycles. The fraction of sp³-hybridized carbons (Fsp3) is 0. The average Bonchev–Trinajstić information content (AvgIpc) is 2.27. The molecule has 52 valence electrons. The van der Waals surface area contributed by atoms with Gasteiger partial charge in [-0.2, -0.15) is 0 Å². The Bertz CT molecular complexity index is 226. The molecule has 0 fully saturated rings. The van der Waals surface area contributed by atoms with Gasteiger partial charge in [0.1, 0.15) is 0 Å². The third kappa shape index (κ3) is 0.838. The van der Waals surface area contributed by atoms with Crippen molar-refractivity contribution in [3.05, 3.63) is 24.3 Å². The number of benzene rings is 1. The van der Waals surface area contributed by atoms with Crippen LogP contribution in [0.2, 0.25) is 0 Å². The molecule has 1 aliphatic rings. The smallest absolute Gasteiger partial charge is 0.414 e. The molecule has 0 aromatic heterocycles. The summed E-state index contributed by atoms with van der Waals surface area (Å²) in [5, 5.41) is 0. The summed E-state index contributed by atoms with van der Waals surface area (Å²) in [6.45, 7) is 0. The molecule has 1 aliphatic heterocycles. The summed E-state index contributed by atoms with van der Waals surface area (Å²) in [4.78, 5) is 8.87. The van der Waals surface area contributed by atoms with Crippen LogP contribution in [0.1, 0.15) is 0 Å². The average molecular weight is 156 g/mol. The standard InChI is InChI=1S/C6H5O3P/c7-10-8-5-3-1-2-4-6(5)9-10/h1-4,7H. The summed E-state index contributed by atoms with van der Waals surface area (Å²) in [6.07, 6.45) is 0. The zero-order chi connectivity index (χ0) is 6.97. The molecule has 0 radical (unpaired) electrons. The molecule has 1 aromatic rings. The van der Waals surface area contributed by atoms with E-state index in [1.165, 1.54) is 0 Å². The summed E-state index contributed by atoms with van der Waals surface area (Å²) < 4.78 is 9.81. The molecule has 0 spiro atoms. The summed E-state index contributed by atoms with van der Waals surface area (Å²) >= 11 is 0. The molecule has 1 N–H and O–H groups in total. The predicted octanol–water partition coefficient (Wildman–Crippen LogP) is 1.68. The van der Waals surface area contributed by atoms with Crippen LogP contribution in [0, 0.1) is 0 Å². The zero-order valence-electron chi connectivity index (χ0n) is 5.02. The second-order valence-electron chi connectivity index (χ2n) is 1.87. The highest BCUT2D eigenvalue weighted by Crippen LogP contribution is 2.48. The van der Waals surface area contributed by atoms with E-state index in [2.05, 4.69) is 0 Å². The highest BCUT2D eigenvalue weighted by molar-refractivity contribution is 7.41. The van der Waals surface area contributed by atoms with Gasteiger partial charge in [0.2, 0.25) is 0 Å². The normalized spacial score (nSPS) is 15.7. The van der Waals surface area contributed by atoms with Crippen LogP contribution in [0.3, 0.4) is 0 Å². The van der Waals surface area contributed by atoms with Crippen molar-refractivity contribution in [3.8, 4) is 11.5 Å². The minimum atomic E-state index is -1.69. The molecular weight excluding hydrogens is 151 g/mol. The molecule has 0 saturated carbocycles. The van der Waals surface area contributed by atoms with Crippen LogP contribution in [0.25, 0.3) is 0 Å². The summed E-state index contributed by atoms with van der Waals surface area (Å²) in [6, 6.07) is 7.18. The molecule has 0 aliphatic carbocycles. The Hall–Kier alpha value is -0.790. The lowest BCUT2D eigenvalue weighted by molar-refractivity contribution is 0.429. The monoisotopic (exact) mass is 156 g/mol. The first-order valence-electron chi connectivity index (χ1n) is 2.80. The molecule has 1 aromatic carbocycles. The van der Waals surface area contributed by atoms with Crippen molar-refractivity contribution in [2.75, 3.05) is 0 Å². The Kier molecular flexibility index (Phi) is 1.26. The zero-order valence-corrected chi connectivity index (χ0v) is 5.91. The summed E-state index contributed by atoms with van der Waals surface area (Å²) in [5.74, 6) is 1.24. The third-order valence-electron chi connectivity index (χ3n) is 1.20. The SMILES string of the molecule is OP1Oc2ccccc2O1. The first kappa shape index (κ1) is 5.96. The number of rotatable bonds is 0. The number of hydrogen-bond acceptors (Lipinski definition) is 3. The first-order valence-corrected chi connectivity index (χ1v) is 3.93. The van der Waals surface area contributed by atoms with E-state index in [4.69, 9.17) is 13.9 Å². The Balaban J connectivity index is 2.42. The van der Waals surface area contributed by atoms with Crippen LogP contribution in [-0.4, -0.2) is 4.89 Å². The van der Waals surface area contributed by atoms with Gasteiger partial charge in [-0.25, -0.2) is 0 Å². The maximum atomic E-state index is 8.87. The molecule has 0 unspecified atom stereocenters. The van der Waals surface area contributed by atoms with Crippen LogP contribution < -0.4 is 9.05 Å². The minimum Gasteiger partial charge on any atom is -0.414 e. The van der Waals surface area contributed by atoms with Gasteiger partial charge >= 0.3 is 8.60 Å². The van der Waals surface area contributed by atoms with E-state index in [0.717, 1.165) is 0 Å². The second kappa shape index (κ2) is 2.11. The van der Waals surface area contributed by atoms with E-state index in [1.807, 2.05) is 12.1 Å². The van der Waals surface area contributed by atoms with Crippen molar-refractivity contribution < 1.29 is 13.9 Å². The summed E-state index contributed by atoms with van der Waals surface area (Å²) in [5.41, 5.74) is 0. The van der Waals surface area contributed by atoms with Gasteiger partial charge in [0.25, 0.3) is 0 Å². The fourth-order valence-corrected chi connectivity index (χ4v) is 1.46. The molecule has 0 bridgehead atoms. The molecule has 3 nitrogen and oxygen atoms in total. The number of para-hydroxylation sites is 2. The van der Waals surface area contributed by atoms with Crippen molar-refractivity contribution in [2.45, 2.75) is 0 Å². The van der Waals surface area contributed by atoms with Gasteiger partial charge in [0.05, 0.1) is 0 Å². The fourth-order valence-electron chi connectivity index (χ4n) is 0.788. The Morgan fingerprint density at radius 2 is 1.60 bits per heavy atom. The van der Waals surface area contributed by atoms with E-state index in [9.17, 15) is 0 Å². The Labute approximate surface area is 59.2 Å². The number of fused-ring (bicyclic) bond motifs is 1. The molecule has 4 heteroatoms. The highest BCUT2D eigenvalue weighted by Gasteiger charge is 2.22. The van der Waals surface area contributed by atoms with E-state index in [0.29, 0.717) is 11.5 Å². The maximum Gasteiger partial charge on any atom is 0.460 e. The van der Waals surface area contributed by atoms with Gasteiger partial charge in [-0.15, -0.1) is 0 Å². The lowest BCUT2D eigenvalue weighted by Gasteiger charge is -1.93. The van der Waals surface area contributed by atoms with Gasteiger partial charge in [-0.3, -0.25) is 0 Å². The number of hydrogen-bond donors (Lipinski definition) is 1. The van der Waals surface area contributed by atoms with Gasteiger partial charge in [0, 0.05) is 0 Å². The van der Waals surface area contributed by atoms with E-state index < -0.39 is 8.60 Å². The third-order valence-corrected chi connectivity index (χ3v) is 1.91. The van der Waals surface area contributed by atoms with Crippen LogP contribution in [0.5, 0.6) is 11.5 Å². The van der Waals surface area contributed by atoms with Gasteiger partial charge < -0.3 is 13.9 Å². The van der Waals surface area contributed by atoms with E-state index in [1.54, 1.807) is 12.1 Å². The van der Waals surface area contributed by atoms with Crippen LogP contribution in [0.15, 0.2) is 24.3 Å². The topological polar surface area (TPSA) is 38.7 Å². The minimum absolute atomic E-state index is 0.621. The van der Waals surface area contributed by atoms with E-state index >= 15 is 0 Å².